The quantitative estimate of drug-likeness (QED) is 0.406. The van der Waals surface area contributed by atoms with Gasteiger partial charge in [-0.2, -0.15) is 0 Å². The van der Waals surface area contributed by atoms with Gasteiger partial charge in [-0.3, -0.25) is 10.2 Å². The number of rotatable bonds is 4. The number of carbonyl (C=O) groups is 2. The second kappa shape index (κ2) is 7.06. The third-order valence-corrected chi connectivity index (χ3v) is 6.15. The molecule has 4 atom stereocenters. The maximum atomic E-state index is 13.5. The van der Waals surface area contributed by atoms with Gasteiger partial charge in [-0.25, -0.2) is 10.2 Å². The van der Waals surface area contributed by atoms with E-state index in [0.29, 0.717) is 11.3 Å². The fourth-order valence-corrected chi connectivity index (χ4v) is 4.79. The summed E-state index contributed by atoms with van der Waals surface area (Å²) in [5.41, 5.74) is 12.4. The number of benzene rings is 1. The van der Waals surface area contributed by atoms with E-state index < -0.39 is 23.5 Å². The van der Waals surface area contributed by atoms with Crippen molar-refractivity contribution in [1.29, 1.82) is 0 Å². The van der Waals surface area contributed by atoms with Crippen molar-refractivity contribution in [3.05, 3.63) is 39.7 Å². The molecule has 0 bridgehead atoms. The Labute approximate surface area is 171 Å². The molecule has 1 spiro atoms. The molecule has 1 aromatic rings. The first-order chi connectivity index (χ1) is 13.4. The van der Waals surface area contributed by atoms with Crippen molar-refractivity contribution in [3.63, 3.8) is 0 Å². The number of hydrogen-bond acceptors (Lipinski definition) is 7. The van der Waals surface area contributed by atoms with Gasteiger partial charge in [0.05, 0.1) is 12.5 Å². The summed E-state index contributed by atoms with van der Waals surface area (Å²) in [4.78, 5) is 26.6. The molecule has 28 heavy (non-hydrogen) atoms. The van der Waals surface area contributed by atoms with E-state index in [1.807, 2.05) is 32.0 Å². The van der Waals surface area contributed by atoms with Gasteiger partial charge in [0.2, 0.25) is 5.91 Å². The molecule has 150 valence electrons. The van der Waals surface area contributed by atoms with E-state index in [-0.39, 0.29) is 30.0 Å². The zero-order valence-corrected chi connectivity index (χ0v) is 17.3. The van der Waals surface area contributed by atoms with Crippen LogP contribution in [0.2, 0.25) is 0 Å². The first-order valence-electron chi connectivity index (χ1n) is 9.37. The van der Waals surface area contributed by atoms with E-state index in [1.165, 1.54) is 0 Å². The SMILES string of the molecule is CCCCOC(=O)C1=C(N)OC2NNC(C)C2C12C(=O)Nc1ccc(Br)cc12. The summed E-state index contributed by atoms with van der Waals surface area (Å²) in [6.07, 6.45) is 1.06. The summed E-state index contributed by atoms with van der Waals surface area (Å²) in [6.45, 7) is 4.20. The molecule has 8 nitrogen and oxygen atoms in total. The maximum absolute atomic E-state index is 13.5. The number of hydrogen-bond donors (Lipinski definition) is 4. The van der Waals surface area contributed by atoms with Gasteiger partial charge in [-0.15, -0.1) is 0 Å². The predicted molar refractivity (Wildman–Crippen MR) is 106 cm³/mol. The highest BCUT2D eigenvalue weighted by atomic mass is 79.9. The standard InChI is InChI=1S/C19H23BrN4O4/c1-3-4-7-27-17(25)14-15(21)28-16-13(9(2)23-24-16)19(14)11-8-10(20)5-6-12(11)22-18(19)26/h5-6,8-9,13,16,23-24H,3-4,7,21H2,1-2H3,(H,22,26). The number of nitrogens with two attached hydrogens (primary N) is 1. The van der Waals surface area contributed by atoms with Crippen molar-refractivity contribution in [2.75, 3.05) is 11.9 Å². The number of anilines is 1. The molecule has 0 aliphatic carbocycles. The van der Waals surface area contributed by atoms with Crippen molar-refractivity contribution < 1.29 is 19.1 Å². The smallest absolute Gasteiger partial charge is 0.340 e. The highest BCUT2D eigenvalue weighted by molar-refractivity contribution is 9.10. The number of esters is 1. The number of hydrazine groups is 1. The van der Waals surface area contributed by atoms with Gasteiger partial charge in [-0.1, -0.05) is 29.3 Å². The summed E-state index contributed by atoms with van der Waals surface area (Å²) in [7, 11) is 0. The van der Waals surface area contributed by atoms with E-state index >= 15 is 0 Å². The van der Waals surface area contributed by atoms with Gasteiger partial charge in [0.25, 0.3) is 0 Å². The Morgan fingerprint density at radius 2 is 2.18 bits per heavy atom. The Balaban J connectivity index is 1.92. The van der Waals surface area contributed by atoms with Crippen LogP contribution in [0.15, 0.2) is 34.1 Å². The topological polar surface area (TPSA) is 115 Å². The van der Waals surface area contributed by atoms with E-state index in [9.17, 15) is 9.59 Å². The van der Waals surface area contributed by atoms with Crippen LogP contribution in [0.3, 0.4) is 0 Å². The van der Waals surface area contributed by atoms with E-state index in [1.54, 1.807) is 0 Å². The fraction of sp³-hybridized carbons (Fsp3) is 0.474. The van der Waals surface area contributed by atoms with Crippen molar-refractivity contribution in [2.24, 2.45) is 11.7 Å². The summed E-state index contributed by atoms with van der Waals surface area (Å²) < 4.78 is 12.1. The van der Waals surface area contributed by atoms with Gasteiger partial charge >= 0.3 is 5.97 Å². The Bertz CT molecular complexity index is 873. The van der Waals surface area contributed by atoms with Gasteiger partial charge in [0.1, 0.15) is 11.0 Å². The van der Waals surface area contributed by atoms with Gasteiger partial charge in [0.15, 0.2) is 12.1 Å². The molecular weight excluding hydrogens is 428 g/mol. The largest absolute Gasteiger partial charge is 0.462 e. The number of nitrogens with one attached hydrogen (secondary N) is 3. The van der Waals surface area contributed by atoms with Gasteiger partial charge in [0, 0.05) is 16.2 Å². The van der Waals surface area contributed by atoms with E-state index in [4.69, 9.17) is 15.2 Å². The lowest BCUT2D eigenvalue weighted by Gasteiger charge is -2.42. The van der Waals surface area contributed by atoms with Crippen molar-refractivity contribution >= 4 is 33.5 Å². The van der Waals surface area contributed by atoms with Crippen LogP contribution in [0, 0.1) is 5.92 Å². The second-order valence-electron chi connectivity index (χ2n) is 7.32. The molecule has 0 radical (unpaired) electrons. The van der Waals surface area contributed by atoms with Crippen LogP contribution in [0.4, 0.5) is 5.69 Å². The van der Waals surface area contributed by atoms with Gasteiger partial charge < -0.3 is 20.5 Å². The van der Waals surface area contributed by atoms with Crippen LogP contribution in [0.25, 0.3) is 0 Å². The highest BCUT2D eigenvalue weighted by Crippen LogP contribution is 2.54. The van der Waals surface area contributed by atoms with Crippen LogP contribution < -0.4 is 21.9 Å². The number of fused-ring (bicyclic) bond motifs is 4. The third-order valence-electron chi connectivity index (χ3n) is 5.66. The Hall–Kier alpha value is -2.10. The molecule has 0 aromatic heterocycles. The lowest BCUT2D eigenvalue weighted by molar-refractivity contribution is -0.144. The fourth-order valence-electron chi connectivity index (χ4n) is 4.43. The van der Waals surface area contributed by atoms with Crippen LogP contribution in [0.1, 0.15) is 32.3 Å². The average Bonchev–Trinajstić information content (AvgIpc) is 3.14. The van der Waals surface area contributed by atoms with Crippen molar-refractivity contribution in [2.45, 2.75) is 44.4 Å². The first-order valence-corrected chi connectivity index (χ1v) is 10.2. The molecule has 3 heterocycles. The Morgan fingerprint density at radius 1 is 1.39 bits per heavy atom. The van der Waals surface area contributed by atoms with Crippen LogP contribution in [-0.4, -0.2) is 30.8 Å². The number of ether oxygens (including phenoxy) is 2. The molecule has 0 saturated carbocycles. The minimum Gasteiger partial charge on any atom is -0.462 e. The lowest BCUT2D eigenvalue weighted by Crippen LogP contribution is -2.57. The molecule has 5 N–H and O–H groups in total. The summed E-state index contributed by atoms with van der Waals surface area (Å²) in [5, 5.41) is 2.92. The molecule has 4 rings (SSSR count). The average molecular weight is 451 g/mol. The van der Waals surface area contributed by atoms with Crippen molar-refractivity contribution in [3.8, 4) is 0 Å². The predicted octanol–water partition coefficient (Wildman–Crippen LogP) is 1.62. The van der Waals surface area contributed by atoms with Crippen LogP contribution >= 0.6 is 15.9 Å². The molecular formula is C19H23BrN4O4. The zero-order valence-electron chi connectivity index (χ0n) is 15.7. The zero-order chi connectivity index (χ0) is 20.1. The maximum Gasteiger partial charge on any atom is 0.340 e. The van der Waals surface area contributed by atoms with E-state index in [2.05, 4.69) is 32.1 Å². The minimum atomic E-state index is -1.31. The first kappa shape index (κ1) is 19.2. The summed E-state index contributed by atoms with van der Waals surface area (Å²) >= 11 is 3.48. The van der Waals surface area contributed by atoms with Crippen LogP contribution in [-0.2, 0) is 24.5 Å². The highest BCUT2D eigenvalue weighted by Gasteiger charge is 2.66. The molecule has 1 aromatic carbocycles. The summed E-state index contributed by atoms with van der Waals surface area (Å²) in [6, 6.07) is 5.35. The number of amides is 1. The van der Waals surface area contributed by atoms with Crippen molar-refractivity contribution in [1.82, 2.24) is 10.9 Å². The monoisotopic (exact) mass is 450 g/mol. The Morgan fingerprint density at radius 3 is 2.93 bits per heavy atom. The normalized spacial score (nSPS) is 30.7. The molecule has 1 amide bonds. The molecule has 1 saturated heterocycles. The minimum absolute atomic E-state index is 0.0663. The van der Waals surface area contributed by atoms with E-state index in [0.717, 1.165) is 17.3 Å². The number of halogens is 1. The van der Waals surface area contributed by atoms with Crippen LogP contribution in [0.5, 0.6) is 0 Å². The summed E-state index contributed by atoms with van der Waals surface area (Å²) in [5.74, 6) is -1.41. The molecule has 4 unspecified atom stereocenters. The number of carbonyl (C=O) groups excluding carboxylic acids is 2. The molecule has 3 aliphatic rings. The molecule has 9 heteroatoms. The van der Waals surface area contributed by atoms with Gasteiger partial charge in [-0.05, 0) is 37.1 Å². The molecule has 1 fully saturated rings. The molecule has 3 aliphatic heterocycles. The Kier molecular flexibility index (Phi) is 4.84. The third kappa shape index (κ3) is 2.64. The second-order valence-corrected chi connectivity index (χ2v) is 8.24. The lowest BCUT2D eigenvalue weighted by atomic mass is 9.62. The number of unbranched alkanes of at least 4 members (excludes halogenated alkanes) is 1.